The minimum Gasteiger partial charge on any atom is -0.493 e. The molecule has 3 aromatic carbocycles. The van der Waals surface area contributed by atoms with E-state index in [2.05, 4.69) is 15.2 Å². The second-order valence-electron chi connectivity index (χ2n) is 7.55. The number of nitrogens with one attached hydrogen (secondary N) is 2. The van der Waals surface area contributed by atoms with Crippen LogP contribution in [0.4, 0.5) is 5.69 Å². The Kier molecular flexibility index (Phi) is 6.74. The maximum absolute atomic E-state index is 13.1. The third-order valence-electron chi connectivity index (χ3n) is 5.14. The monoisotopic (exact) mass is 493 g/mol. The quantitative estimate of drug-likeness (QED) is 0.378. The number of para-hydroxylation sites is 1. The second kappa shape index (κ2) is 9.90. The molecule has 0 atom stereocenters. The molecule has 1 heterocycles. The van der Waals surface area contributed by atoms with Gasteiger partial charge in [0.05, 0.1) is 19.1 Å². The number of carbonyl (C=O) groups excluding carboxylic acids is 1. The summed E-state index contributed by atoms with van der Waals surface area (Å²) in [5, 5.41) is 7.38. The van der Waals surface area contributed by atoms with Gasteiger partial charge in [-0.3, -0.25) is 4.79 Å². The minimum absolute atomic E-state index is 0.0549. The topological polar surface area (TPSA) is 119 Å². The molecule has 4 aromatic rings. The van der Waals surface area contributed by atoms with E-state index in [0.717, 1.165) is 5.56 Å². The summed E-state index contributed by atoms with van der Waals surface area (Å²) in [5.41, 5.74) is 1.91. The van der Waals surface area contributed by atoms with Crippen molar-refractivity contribution in [2.75, 3.05) is 19.5 Å². The van der Waals surface area contributed by atoms with Crippen molar-refractivity contribution in [2.24, 2.45) is 5.10 Å². The Labute approximate surface area is 202 Å². The zero-order valence-electron chi connectivity index (χ0n) is 19.2. The fourth-order valence-corrected chi connectivity index (χ4v) is 4.11. The molecule has 1 aromatic heterocycles. The molecule has 4 rings (SSSR count). The Hall–Kier alpha value is -4.31. The van der Waals surface area contributed by atoms with E-state index in [1.54, 1.807) is 42.5 Å². The van der Waals surface area contributed by atoms with Crippen molar-refractivity contribution in [1.82, 2.24) is 4.83 Å². The molecule has 10 heteroatoms. The zero-order valence-corrected chi connectivity index (χ0v) is 20.0. The number of amides is 1. The van der Waals surface area contributed by atoms with E-state index in [9.17, 15) is 13.2 Å². The number of aryl methyl sites for hydroxylation is 1. The smallest absolute Gasteiger partial charge is 0.276 e. The number of benzene rings is 3. The summed E-state index contributed by atoms with van der Waals surface area (Å²) in [6.45, 7) is 1.94. The Balaban J connectivity index is 1.73. The van der Waals surface area contributed by atoms with E-state index in [1.165, 1.54) is 32.4 Å². The molecule has 0 aliphatic heterocycles. The zero-order chi connectivity index (χ0) is 25.0. The highest BCUT2D eigenvalue weighted by atomic mass is 32.2. The first-order valence-electron chi connectivity index (χ1n) is 10.5. The second-order valence-corrected chi connectivity index (χ2v) is 9.21. The minimum atomic E-state index is -4.12. The van der Waals surface area contributed by atoms with Gasteiger partial charge in [0.15, 0.2) is 11.5 Å². The number of sulfonamides is 1. The van der Waals surface area contributed by atoms with Crippen molar-refractivity contribution in [3.05, 3.63) is 89.5 Å². The fraction of sp³-hybridized carbons (Fsp3) is 0.120. The van der Waals surface area contributed by atoms with Crippen LogP contribution in [-0.4, -0.2) is 28.5 Å². The molecule has 0 aliphatic carbocycles. The summed E-state index contributed by atoms with van der Waals surface area (Å²) in [5.74, 6) is 0.110. The molecule has 1 amide bonds. The van der Waals surface area contributed by atoms with Crippen molar-refractivity contribution in [3.8, 4) is 11.5 Å². The third-order valence-corrected chi connectivity index (χ3v) is 6.35. The van der Waals surface area contributed by atoms with Crippen molar-refractivity contribution in [3.63, 3.8) is 0 Å². The first-order valence-corrected chi connectivity index (χ1v) is 12.0. The summed E-state index contributed by atoms with van der Waals surface area (Å²) < 4.78 is 41.9. The predicted octanol–water partition coefficient (Wildman–Crippen LogP) is 3.80. The maximum Gasteiger partial charge on any atom is 0.276 e. The van der Waals surface area contributed by atoms with Crippen LogP contribution in [0.5, 0.6) is 11.5 Å². The normalized spacial score (nSPS) is 11.8. The van der Waals surface area contributed by atoms with Crippen molar-refractivity contribution in [1.29, 1.82) is 0 Å². The number of hydrogen-bond donors (Lipinski definition) is 2. The largest absolute Gasteiger partial charge is 0.493 e. The molecule has 2 N–H and O–H groups in total. The van der Waals surface area contributed by atoms with Crippen molar-refractivity contribution >= 4 is 32.6 Å². The van der Waals surface area contributed by atoms with Gasteiger partial charge in [0.25, 0.3) is 15.9 Å². The molecule has 0 aliphatic rings. The summed E-state index contributed by atoms with van der Waals surface area (Å²) in [4.78, 5) is 15.1. The van der Waals surface area contributed by atoms with E-state index in [4.69, 9.17) is 13.9 Å². The van der Waals surface area contributed by atoms with Gasteiger partial charge in [-0.1, -0.05) is 35.9 Å². The molecule has 0 unspecified atom stereocenters. The van der Waals surface area contributed by atoms with Gasteiger partial charge in [-0.2, -0.15) is 13.2 Å². The number of anilines is 1. The Morgan fingerprint density at radius 3 is 2.34 bits per heavy atom. The molecule has 0 radical (unpaired) electrons. The van der Waals surface area contributed by atoms with Crippen LogP contribution >= 0.6 is 0 Å². The van der Waals surface area contributed by atoms with E-state index < -0.39 is 15.9 Å². The molecule has 0 saturated carbocycles. The predicted molar refractivity (Wildman–Crippen MR) is 131 cm³/mol. The number of fused-ring (bicyclic) bond motifs is 1. The Morgan fingerprint density at radius 1 is 0.914 bits per heavy atom. The van der Waals surface area contributed by atoms with Crippen LogP contribution < -0.4 is 25.2 Å². The van der Waals surface area contributed by atoms with Crippen LogP contribution in [0.15, 0.2) is 87.2 Å². The highest BCUT2D eigenvalue weighted by molar-refractivity contribution is 7.89. The maximum atomic E-state index is 13.1. The lowest BCUT2D eigenvalue weighted by atomic mass is 10.1. The summed E-state index contributed by atoms with van der Waals surface area (Å²) >= 11 is 0. The van der Waals surface area contributed by atoms with Crippen molar-refractivity contribution in [2.45, 2.75) is 11.8 Å². The molecular weight excluding hydrogens is 470 g/mol. The highest BCUT2D eigenvalue weighted by Gasteiger charge is 2.18. The molecule has 0 bridgehead atoms. The molecule has 9 nitrogen and oxygen atoms in total. The third kappa shape index (κ3) is 5.28. The first-order chi connectivity index (χ1) is 16.8. The fourth-order valence-electron chi connectivity index (χ4n) is 3.29. The summed E-state index contributed by atoms with van der Waals surface area (Å²) in [6.07, 6.45) is 0. The standard InChI is InChI=1S/C25H23N3O6S/c1-16-8-10-18(11-9-16)26-24(29)20-14-17-6-4-5-7-21(17)34-25(20)27-28-35(30,31)19-12-13-22(32-2)23(15-19)33-3/h4-15,28H,1-3H3,(H,26,29)/b27-25+. The van der Waals surface area contributed by atoms with E-state index >= 15 is 0 Å². The SMILES string of the molecule is COc1ccc(S(=O)(=O)N/N=c2/oc3ccccc3cc2C(=O)Nc2ccc(C)cc2)cc1OC. The molecule has 0 fully saturated rings. The number of carbonyl (C=O) groups is 1. The van der Waals surface area contributed by atoms with Crippen LogP contribution in [0.25, 0.3) is 11.0 Å². The average Bonchev–Trinajstić information content (AvgIpc) is 2.87. The molecule has 0 saturated heterocycles. The number of nitrogens with zero attached hydrogens (tertiary/aromatic N) is 1. The molecule has 180 valence electrons. The van der Waals surface area contributed by atoms with E-state index in [1.807, 2.05) is 19.1 Å². The van der Waals surface area contributed by atoms with Crippen LogP contribution in [0, 0.1) is 6.92 Å². The Bertz CT molecular complexity index is 1560. The Morgan fingerprint density at radius 2 is 1.63 bits per heavy atom. The van der Waals surface area contributed by atoms with Crippen LogP contribution in [0.3, 0.4) is 0 Å². The lowest BCUT2D eigenvalue weighted by molar-refractivity contribution is 0.102. The van der Waals surface area contributed by atoms with Crippen molar-refractivity contribution < 1.29 is 27.1 Å². The van der Waals surface area contributed by atoms with Gasteiger partial charge in [-0.25, -0.2) is 0 Å². The van der Waals surface area contributed by atoms with Crippen LogP contribution in [0.2, 0.25) is 0 Å². The number of rotatable bonds is 7. The number of hydrogen-bond acceptors (Lipinski definition) is 7. The lowest BCUT2D eigenvalue weighted by Gasteiger charge is -2.10. The number of methoxy groups -OCH3 is 2. The van der Waals surface area contributed by atoms with Gasteiger partial charge in [-0.05, 0) is 43.3 Å². The number of ether oxygens (including phenoxy) is 2. The van der Waals surface area contributed by atoms with Crippen LogP contribution in [0.1, 0.15) is 15.9 Å². The molecule has 35 heavy (non-hydrogen) atoms. The molecular formula is C25H23N3O6S. The average molecular weight is 494 g/mol. The van der Waals surface area contributed by atoms with Gasteiger partial charge in [0, 0.05) is 17.1 Å². The van der Waals surface area contributed by atoms with Gasteiger partial charge in [-0.15, -0.1) is 5.10 Å². The van der Waals surface area contributed by atoms with E-state index in [-0.39, 0.29) is 21.8 Å². The highest BCUT2D eigenvalue weighted by Crippen LogP contribution is 2.29. The van der Waals surface area contributed by atoms with Gasteiger partial charge in [0.1, 0.15) is 11.1 Å². The van der Waals surface area contributed by atoms with Gasteiger partial charge < -0.3 is 19.2 Å². The van der Waals surface area contributed by atoms with Gasteiger partial charge in [0.2, 0.25) is 5.55 Å². The summed E-state index contributed by atoms with van der Waals surface area (Å²) in [7, 11) is -1.27. The van der Waals surface area contributed by atoms with Crippen LogP contribution in [-0.2, 0) is 10.0 Å². The lowest BCUT2D eigenvalue weighted by Crippen LogP contribution is -2.27. The van der Waals surface area contributed by atoms with Gasteiger partial charge >= 0.3 is 0 Å². The first kappa shape index (κ1) is 23.8. The molecule has 0 spiro atoms. The van der Waals surface area contributed by atoms with E-state index in [0.29, 0.717) is 22.4 Å². The summed E-state index contributed by atoms with van der Waals surface area (Å²) in [6, 6.07) is 20.0.